The summed E-state index contributed by atoms with van der Waals surface area (Å²) >= 11 is 5.50. The molecule has 0 spiro atoms. The van der Waals surface area contributed by atoms with Crippen molar-refractivity contribution in [3.63, 3.8) is 0 Å². The molecule has 2 heterocycles. The molecule has 1 N–H and O–H groups in total. The van der Waals surface area contributed by atoms with Crippen molar-refractivity contribution in [3.05, 3.63) is 29.6 Å². The quantitative estimate of drug-likeness (QED) is 0.845. The highest BCUT2D eigenvalue weighted by Gasteiger charge is 2.49. The monoisotopic (exact) mass is 294 g/mol. The van der Waals surface area contributed by atoms with Gasteiger partial charge in [-0.05, 0) is 38.6 Å². The molecule has 2 aliphatic heterocycles. The lowest BCUT2D eigenvalue weighted by molar-refractivity contribution is -0.0863. The minimum absolute atomic E-state index is 0.0206. The predicted molar refractivity (Wildman–Crippen MR) is 80.1 cm³/mol. The fraction of sp³-hybridized carbons (Fsp3) is 0.533. The van der Waals surface area contributed by atoms with Crippen molar-refractivity contribution in [2.45, 2.75) is 51.4 Å². The van der Waals surface area contributed by atoms with Gasteiger partial charge in [0.05, 0.1) is 6.04 Å². The fourth-order valence-electron chi connectivity index (χ4n) is 3.22. The molecule has 0 amide bonds. The Hall–Kier alpha value is -1.36. The van der Waals surface area contributed by atoms with E-state index in [1.165, 1.54) is 6.07 Å². The van der Waals surface area contributed by atoms with Crippen molar-refractivity contribution in [2.24, 2.45) is 0 Å². The maximum atomic E-state index is 14.1. The van der Waals surface area contributed by atoms with Crippen molar-refractivity contribution in [1.82, 2.24) is 10.2 Å². The van der Waals surface area contributed by atoms with Crippen molar-refractivity contribution >= 4 is 17.3 Å². The molecule has 5 heteroatoms. The molecule has 108 valence electrons. The molecule has 0 aromatic heterocycles. The van der Waals surface area contributed by atoms with Crippen LogP contribution in [-0.4, -0.2) is 21.8 Å². The molecule has 3 nitrogen and oxygen atoms in total. The van der Waals surface area contributed by atoms with Crippen LogP contribution in [0.4, 0.5) is 4.39 Å². The Morgan fingerprint density at radius 2 is 2.35 bits per heavy atom. The summed E-state index contributed by atoms with van der Waals surface area (Å²) in [6.07, 6.45) is 1.71. The molecule has 0 aliphatic carbocycles. The molecule has 1 aromatic rings. The van der Waals surface area contributed by atoms with Crippen LogP contribution in [0.2, 0.25) is 0 Å². The molecule has 20 heavy (non-hydrogen) atoms. The number of rotatable bonds is 2. The van der Waals surface area contributed by atoms with E-state index in [4.69, 9.17) is 17.0 Å². The first-order valence-electron chi connectivity index (χ1n) is 7.03. The van der Waals surface area contributed by atoms with Crippen LogP contribution in [-0.2, 0) is 0 Å². The van der Waals surface area contributed by atoms with Gasteiger partial charge in [-0.1, -0.05) is 19.1 Å². The minimum Gasteiger partial charge on any atom is -0.465 e. The van der Waals surface area contributed by atoms with Crippen molar-refractivity contribution in [2.75, 3.05) is 0 Å². The normalized spacial score (nSPS) is 29.3. The number of hydrogen-bond acceptors (Lipinski definition) is 2. The van der Waals surface area contributed by atoms with E-state index in [2.05, 4.69) is 24.1 Å². The van der Waals surface area contributed by atoms with Gasteiger partial charge in [-0.25, -0.2) is 4.39 Å². The van der Waals surface area contributed by atoms with Gasteiger partial charge in [-0.3, -0.25) is 0 Å². The first-order chi connectivity index (χ1) is 9.46. The Kier molecular flexibility index (Phi) is 3.12. The van der Waals surface area contributed by atoms with Crippen LogP contribution in [0.5, 0.6) is 5.75 Å². The minimum atomic E-state index is -0.586. The zero-order valence-corrected chi connectivity index (χ0v) is 12.8. The summed E-state index contributed by atoms with van der Waals surface area (Å²) in [5.74, 6) is 0.0479. The number of nitrogens with zero attached hydrogens (tertiary/aromatic N) is 1. The summed E-state index contributed by atoms with van der Waals surface area (Å²) in [5, 5.41) is 4.02. The number of thiocarbonyl (C=S) groups is 1. The Morgan fingerprint density at radius 1 is 1.60 bits per heavy atom. The van der Waals surface area contributed by atoms with Gasteiger partial charge in [0.1, 0.15) is 0 Å². The maximum Gasteiger partial charge on any atom is 0.184 e. The van der Waals surface area contributed by atoms with Crippen LogP contribution in [0.15, 0.2) is 18.2 Å². The van der Waals surface area contributed by atoms with E-state index in [1.54, 1.807) is 6.07 Å². The molecule has 2 bridgehead atoms. The van der Waals surface area contributed by atoms with E-state index in [0.717, 1.165) is 18.4 Å². The molecule has 3 atom stereocenters. The first kappa shape index (κ1) is 13.6. The van der Waals surface area contributed by atoms with Gasteiger partial charge in [0.2, 0.25) is 0 Å². The third-order valence-corrected chi connectivity index (χ3v) is 4.65. The van der Waals surface area contributed by atoms with E-state index in [1.807, 2.05) is 13.0 Å². The van der Waals surface area contributed by atoms with Gasteiger partial charge < -0.3 is 15.0 Å². The first-order valence-corrected chi connectivity index (χ1v) is 7.44. The zero-order chi connectivity index (χ0) is 14.5. The van der Waals surface area contributed by atoms with Crippen molar-refractivity contribution in [1.29, 1.82) is 0 Å². The van der Waals surface area contributed by atoms with E-state index in [-0.39, 0.29) is 17.9 Å². The number of nitrogens with one attached hydrogen (secondary N) is 1. The molecule has 1 aromatic carbocycles. The van der Waals surface area contributed by atoms with Gasteiger partial charge in [-0.2, -0.15) is 0 Å². The summed E-state index contributed by atoms with van der Waals surface area (Å²) in [4.78, 5) is 2.06. The van der Waals surface area contributed by atoms with Gasteiger partial charge in [0.15, 0.2) is 22.4 Å². The molecule has 3 unspecified atom stereocenters. The van der Waals surface area contributed by atoms with Crippen LogP contribution < -0.4 is 10.1 Å². The molecular formula is C15H19FN2OS. The van der Waals surface area contributed by atoms with E-state index >= 15 is 0 Å². The second-order valence-corrected chi connectivity index (χ2v) is 6.16. The number of para-hydroxylation sites is 1. The zero-order valence-electron chi connectivity index (χ0n) is 11.9. The largest absolute Gasteiger partial charge is 0.465 e. The van der Waals surface area contributed by atoms with Crippen molar-refractivity contribution < 1.29 is 9.13 Å². The Balaban J connectivity index is 2.07. The Labute approximate surface area is 124 Å². The summed E-state index contributed by atoms with van der Waals surface area (Å²) < 4.78 is 20.1. The molecule has 2 aliphatic rings. The number of benzene rings is 1. The Morgan fingerprint density at radius 3 is 3.05 bits per heavy atom. The average molecular weight is 294 g/mol. The van der Waals surface area contributed by atoms with Crippen LogP contribution in [0, 0.1) is 5.82 Å². The molecule has 0 saturated carbocycles. The lowest BCUT2D eigenvalue weighted by Gasteiger charge is -2.54. The van der Waals surface area contributed by atoms with E-state index < -0.39 is 5.72 Å². The number of hydrogen-bond donors (Lipinski definition) is 1. The highest BCUT2D eigenvalue weighted by Crippen LogP contribution is 2.45. The second-order valence-electron chi connectivity index (χ2n) is 5.77. The fourth-order valence-corrected chi connectivity index (χ4v) is 3.73. The van der Waals surface area contributed by atoms with Crippen LogP contribution in [0.1, 0.15) is 45.2 Å². The SMILES string of the molecule is CCC(C)N1C(=S)NC2CC1(C)Oc1c(F)cccc12. The summed E-state index contributed by atoms with van der Waals surface area (Å²) in [5.41, 5.74) is 0.270. The second kappa shape index (κ2) is 4.58. The molecule has 0 radical (unpaired) electrons. The molecule has 3 rings (SSSR count). The number of halogens is 1. The van der Waals surface area contributed by atoms with Crippen LogP contribution in [0.3, 0.4) is 0 Å². The van der Waals surface area contributed by atoms with Gasteiger partial charge >= 0.3 is 0 Å². The van der Waals surface area contributed by atoms with Gasteiger partial charge in [0.25, 0.3) is 0 Å². The Bertz CT molecular complexity index is 565. The predicted octanol–water partition coefficient (Wildman–Crippen LogP) is 3.35. The lowest BCUT2D eigenvalue weighted by atomic mass is 9.89. The number of ether oxygens (including phenoxy) is 1. The third-order valence-electron chi connectivity index (χ3n) is 4.34. The third kappa shape index (κ3) is 1.87. The van der Waals surface area contributed by atoms with Crippen molar-refractivity contribution in [3.8, 4) is 5.75 Å². The molecule has 1 fully saturated rings. The van der Waals surface area contributed by atoms with Crippen LogP contribution in [0.25, 0.3) is 0 Å². The van der Waals surface area contributed by atoms with Crippen LogP contribution >= 0.6 is 12.2 Å². The average Bonchev–Trinajstić information content (AvgIpc) is 2.39. The van der Waals surface area contributed by atoms with E-state index in [9.17, 15) is 4.39 Å². The van der Waals surface area contributed by atoms with Gasteiger partial charge in [-0.15, -0.1) is 0 Å². The molecule has 1 saturated heterocycles. The summed E-state index contributed by atoms with van der Waals surface area (Å²) in [6, 6.07) is 5.32. The smallest absolute Gasteiger partial charge is 0.184 e. The maximum absolute atomic E-state index is 14.1. The summed E-state index contributed by atoms with van der Waals surface area (Å²) in [7, 11) is 0. The lowest BCUT2D eigenvalue weighted by Crippen LogP contribution is -2.66. The molecular weight excluding hydrogens is 275 g/mol. The standard InChI is InChI=1S/C15H19FN2OS/c1-4-9(2)18-14(20)17-12-8-15(18,3)19-13-10(12)6-5-7-11(13)16/h5-7,9,12H,4,8H2,1-3H3,(H,17,20). The van der Waals surface area contributed by atoms with E-state index in [0.29, 0.717) is 10.9 Å². The topological polar surface area (TPSA) is 24.5 Å². The highest BCUT2D eigenvalue weighted by molar-refractivity contribution is 7.80. The highest BCUT2D eigenvalue weighted by atomic mass is 32.1. The summed E-state index contributed by atoms with van der Waals surface area (Å²) in [6.45, 7) is 6.22. The van der Waals surface area contributed by atoms with Gasteiger partial charge in [0, 0.05) is 18.0 Å². The number of fused-ring (bicyclic) bond motifs is 4.